The standard InChI is InChI=1S/C12H17N3O6/c1-2-8(16)20-5-6-9(17)10(18)11(21-6)15-4-3-7(13)14-12(15)19/h3-4,6,9-11,17-18H,2,5H2,1H3,(H2,13,14,19)/t6-,9-,10+,11-/m1/s1. The molecule has 1 fully saturated rings. The summed E-state index contributed by atoms with van der Waals surface area (Å²) in [6.45, 7) is 1.42. The van der Waals surface area contributed by atoms with E-state index in [0.29, 0.717) is 0 Å². The average Bonchev–Trinajstić information content (AvgIpc) is 2.73. The molecule has 1 aromatic rings. The molecule has 9 heteroatoms. The average molecular weight is 299 g/mol. The van der Waals surface area contributed by atoms with Crippen LogP contribution in [0.5, 0.6) is 0 Å². The molecule has 0 aromatic carbocycles. The molecule has 1 aliphatic heterocycles. The summed E-state index contributed by atoms with van der Waals surface area (Å²) in [5.41, 5.74) is 4.67. The first kappa shape index (κ1) is 15.4. The molecule has 0 amide bonds. The number of esters is 1. The SMILES string of the molecule is CCC(=O)OC[C@H]1O[C@@H](n2ccc(N)nc2=O)[C@@H](O)[C@@H]1O. The molecule has 9 nitrogen and oxygen atoms in total. The van der Waals surface area contributed by atoms with Crippen LogP contribution >= 0.6 is 0 Å². The van der Waals surface area contributed by atoms with Crippen molar-refractivity contribution in [3.05, 3.63) is 22.7 Å². The van der Waals surface area contributed by atoms with E-state index in [0.717, 1.165) is 4.57 Å². The van der Waals surface area contributed by atoms with E-state index in [2.05, 4.69) is 4.98 Å². The topological polar surface area (TPSA) is 137 Å². The molecular weight excluding hydrogens is 282 g/mol. The minimum atomic E-state index is -1.35. The monoisotopic (exact) mass is 299 g/mol. The molecule has 0 radical (unpaired) electrons. The molecule has 116 valence electrons. The van der Waals surface area contributed by atoms with E-state index in [4.69, 9.17) is 15.2 Å². The lowest BCUT2D eigenvalue weighted by atomic mass is 10.1. The Kier molecular flexibility index (Phi) is 4.56. The van der Waals surface area contributed by atoms with Crippen LogP contribution in [0.4, 0.5) is 5.82 Å². The lowest BCUT2D eigenvalue weighted by Gasteiger charge is -2.16. The van der Waals surface area contributed by atoms with Gasteiger partial charge in [-0.05, 0) is 6.07 Å². The number of carbonyl (C=O) groups is 1. The second-order valence-corrected chi connectivity index (χ2v) is 4.63. The van der Waals surface area contributed by atoms with Crippen LogP contribution in [0.3, 0.4) is 0 Å². The molecule has 21 heavy (non-hydrogen) atoms. The van der Waals surface area contributed by atoms with Crippen molar-refractivity contribution in [2.75, 3.05) is 12.3 Å². The molecule has 1 aromatic heterocycles. The largest absolute Gasteiger partial charge is 0.463 e. The first-order valence-electron chi connectivity index (χ1n) is 6.46. The lowest BCUT2D eigenvalue weighted by Crippen LogP contribution is -2.36. The molecule has 1 saturated heterocycles. The highest BCUT2D eigenvalue weighted by atomic mass is 16.6. The third-order valence-corrected chi connectivity index (χ3v) is 3.16. The fourth-order valence-corrected chi connectivity index (χ4v) is 1.99. The highest BCUT2D eigenvalue weighted by Crippen LogP contribution is 2.28. The highest BCUT2D eigenvalue weighted by molar-refractivity contribution is 5.68. The zero-order valence-electron chi connectivity index (χ0n) is 11.4. The maximum absolute atomic E-state index is 11.7. The minimum absolute atomic E-state index is 0.0395. The molecule has 0 bridgehead atoms. The summed E-state index contributed by atoms with van der Waals surface area (Å²) in [5.74, 6) is -0.409. The number of aliphatic hydroxyl groups is 2. The van der Waals surface area contributed by atoms with Crippen LogP contribution in [0.1, 0.15) is 19.6 Å². The summed E-state index contributed by atoms with van der Waals surface area (Å²) < 4.78 is 11.3. The van der Waals surface area contributed by atoms with E-state index in [1.165, 1.54) is 12.3 Å². The van der Waals surface area contributed by atoms with Crippen molar-refractivity contribution in [2.45, 2.75) is 37.9 Å². The highest BCUT2D eigenvalue weighted by Gasteiger charge is 2.44. The van der Waals surface area contributed by atoms with Crippen molar-refractivity contribution >= 4 is 11.8 Å². The molecule has 0 aliphatic carbocycles. The van der Waals surface area contributed by atoms with Crippen LogP contribution in [0.15, 0.2) is 17.1 Å². The Balaban J connectivity index is 2.12. The van der Waals surface area contributed by atoms with Crippen LogP contribution in [-0.2, 0) is 14.3 Å². The molecule has 0 spiro atoms. The van der Waals surface area contributed by atoms with Gasteiger partial charge in [0.2, 0.25) is 0 Å². The van der Waals surface area contributed by atoms with Crippen LogP contribution in [0.2, 0.25) is 0 Å². The smallest absolute Gasteiger partial charge is 0.351 e. The molecule has 2 rings (SSSR count). The fraction of sp³-hybridized carbons (Fsp3) is 0.583. The number of hydrogen-bond donors (Lipinski definition) is 3. The molecule has 1 aliphatic rings. The van der Waals surface area contributed by atoms with E-state index >= 15 is 0 Å². The van der Waals surface area contributed by atoms with Crippen molar-refractivity contribution in [1.29, 1.82) is 0 Å². The summed E-state index contributed by atoms with van der Waals surface area (Å²) in [7, 11) is 0. The number of aromatic nitrogens is 2. The van der Waals surface area contributed by atoms with Gasteiger partial charge in [0.05, 0.1) is 0 Å². The molecular formula is C12H17N3O6. The van der Waals surface area contributed by atoms with Gasteiger partial charge in [0.1, 0.15) is 30.7 Å². The van der Waals surface area contributed by atoms with Gasteiger partial charge in [-0.3, -0.25) is 9.36 Å². The number of carbonyl (C=O) groups excluding carboxylic acids is 1. The van der Waals surface area contributed by atoms with Crippen LogP contribution < -0.4 is 11.4 Å². The van der Waals surface area contributed by atoms with Gasteiger partial charge in [0, 0.05) is 12.6 Å². The number of ether oxygens (including phenoxy) is 2. The van der Waals surface area contributed by atoms with E-state index in [9.17, 15) is 19.8 Å². The zero-order chi connectivity index (χ0) is 15.6. The Bertz CT molecular complexity index is 574. The normalized spacial score (nSPS) is 28.5. The van der Waals surface area contributed by atoms with Crippen molar-refractivity contribution in [2.24, 2.45) is 0 Å². The number of aliphatic hydroxyl groups excluding tert-OH is 2. The Labute approximate surface area is 119 Å². The Hall–Kier alpha value is -1.97. The number of hydrogen-bond acceptors (Lipinski definition) is 8. The van der Waals surface area contributed by atoms with E-state index in [1.807, 2.05) is 0 Å². The van der Waals surface area contributed by atoms with Gasteiger partial charge < -0.3 is 25.4 Å². The zero-order valence-corrected chi connectivity index (χ0v) is 11.4. The van der Waals surface area contributed by atoms with E-state index in [1.54, 1.807) is 6.92 Å². The Morgan fingerprint density at radius 3 is 2.86 bits per heavy atom. The second kappa shape index (κ2) is 6.20. The van der Waals surface area contributed by atoms with Crippen molar-refractivity contribution < 1.29 is 24.5 Å². The molecule has 4 atom stereocenters. The van der Waals surface area contributed by atoms with Gasteiger partial charge in [-0.25, -0.2) is 4.79 Å². The molecule has 0 saturated carbocycles. The van der Waals surface area contributed by atoms with Gasteiger partial charge in [-0.1, -0.05) is 6.92 Å². The van der Waals surface area contributed by atoms with Gasteiger partial charge in [-0.2, -0.15) is 4.98 Å². The first-order valence-corrected chi connectivity index (χ1v) is 6.46. The van der Waals surface area contributed by atoms with Crippen LogP contribution in [0.25, 0.3) is 0 Å². The minimum Gasteiger partial charge on any atom is -0.463 e. The third kappa shape index (κ3) is 3.20. The van der Waals surface area contributed by atoms with Crippen molar-refractivity contribution in [3.8, 4) is 0 Å². The summed E-state index contributed by atoms with van der Waals surface area (Å²) in [6.07, 6.45) is -3.18. The van der Waals surface area contributed by atoms with Crippen LogP contribution in [0, 0.1) is 0 Å². The number of rotatable bonds is 4. The quantitative estimate of drug-likeness (QED) is 0.565. The maximum Gasteiger partial charge on any atom is 0.351 e. The van der Waals surface area contributed by atoms with Crippen LogP contribution in [-0.4, -0.2) is 50.7 Å². The molecule has 0 unspecified atom stereocenters. The lowest BCUT2D eigenvalue weighted by molar-refractivity contribution is -0.149. The number of nitrogen functional groups attached to an aromatic ring is 1. The number of nitrogens with two attached hydrogens (primary N) is 1. The van der Waals surface area contributed by atoms with Gasteiger partial charge in [-0.15, -0.1) is 0 Å². The predicted molar refractivity (Wildman–Crippen MR) is 70.1 cm³/mol. The van der Waals surface area contributed by atoms with Crippen molar-refractivity contribution in [1.82, 2.24) is 9.55 Å². The number of anilines is 1. The summed E-state index contributed by atoms with van der Waals surface area (Å²) >= 11 is 0. The summed E-state index contributed by atoms with van der Waals surface area (Å²) in [4.78, 5) is 26.3. The second-order valence-electron chi connectivity index (χ2n) is 4.63. The fourth-order valence-electron chi connectivity index (χ4n) is 1.99. The predicted octanol–water partition coefficient (Wildman–Crippen LogP) is -1.60. The summed E-state index contributed by atoms with van der Waals surface area (Å²) in [6, 6.07) is 1.37. The first-order chi connectivity index (χ1) is 9.93. The van der Waals surface area contributed by atoms with Gasteiger partial charge in [0.15, 0.2) is 6.23 Å². The van der Waals surface area contributed by atoms with Gasteiger partial charge >= 0.3 is 11.7 Å². The Morgan fingerprint density at radius 1 is 1.52 bits per heavy atom. The molecule has 4 N–H and O–H groups in total. The third-order valence-electron chi connectivity index (χ3n) is 3.16. The summed E-state index contributed by atoms with van der Waals surface area (Å²) in [5, 5.41) is 19.9. The maximum atomic E-state index is 11.7. The number of nitrogens with zero attached hydrogens (tertiary/aromatic N) is 2. The van der Waals surface area contributed by atoms with E-state index in [-0.39, 0.29) is 18.8 Å². The van der Waals surface area contributed by atoms with Crippen molar-refractivity contribution in [3.63, 3.8) is 0 Å². The van der Waals surface area contributed by atoms with Gasteiger partial charge in [0.25, 0.3) is 0 Å². The Morgan fingerprint density at radius 2 is 2.24 bits per heavy atom. The van der Waals surface area contributed by atoms with E-state index < -0.39 is 36.2 Å². The molecule has 2 heterocycles.